The van der Waals surface area contributed by atoms with Gasteiger partial charge in [0.25, 0.3) is 5.91 Å². The van der Waals surface area contributed by atoms with Gasteiger partial charge in [0.05, 0.1) is 39.6 Å². The van der Waals surface area contributed by atoms with E-state index < -0.39 is 255 Å². The second-order valence-electron chi connectivity index (χ2n) is 24.2. The maximum Gasteiger partial charge on any atom is 0.251 e. The molecule has 38 heteroatoms. The Morgan fingerprint density at radius 1 is 0.295 bits per heavy atom. The molecule has 2 aromatic rings. The SMILES string of the molecule is O=C(NCCNCCNC[C@H]1O[C@@H]2O[C@H]3[C@H](O)[C@@H](O)[C@@H](O[C@H]4[C@H](O)[C@@H](O)[C@@H](O[C@H]5[C@H](O)[C@@H](O)[C@@H](O[C@H]6[C@H](O)[C@@H](O)[C@@H](O[C@H]7[C@H](O)[C@@H](O)[C@@H](O[C@H]8[C@H](O)[C@@H](O)[C@@H](O[C@H]1[C@H](O)[C@H]2O)O[C@@H]8CO)O[C@@H]7CO)O[C@@H]6CO)O[C@@H]5CO)O[C@@H]4CO)O[C@@H]3CO)c1ccc2ccccc2c1. The molecule has 95 heavy (non-hydrogen) atoms. The van der Waals surface area contributed by atoms with E-state index in [1.54, 1.807) is 12.1 Å². The maximum absolute atomic E-state index is 12.9. The zero-order valence-corrected chi connectivity index (χ0v) is 50.6. The van der Waals surface area contributed by atoms with Crippen molar-refractivity contribution < 1.29 is 173 Å². The molecule has 540 valence electrons. The first-order valence-corrected chi connectivity index (χ1v) is 31.1. The predicted octanol–water partition coefficient (Wildman–Crippen LogP) is -13.5. The van der Waals surface area contributed by atoms with Crippen LogP contribution in [0.5, 0.6) is 0 Å². The molecule has 1 amide bonds. The lowest BCUT2D eigenvalue weighted by molar-refractivity contribution is -0.396. The monoisotopic (exact) mass is 1370 g/mol. The van der Waals surface area contributed by atoms with E-state index in [2.05, 4.69) is 16.0 Å². The van der Waals surface area contributed by atoms with Gasteiger partial charge in [-0.25, -0.2) is 0 Å². The number of carbonyl (C=O) groups excluding carboxylic acids is 1. The molecule has 0 radical (unpaired) electrons. The third kappa shape index (κ3) is 15.9. The molecule has 21 saturated heterocycles. The van der Waals surface area contributed by atoms with Crippen LogP contribution in [0.4, 0.5) is 0 Å². The lowest BCUT2D eigenvalue weighted by Gasteiger charge is -2.50. The van der Waals surface area contributed by atoms with Crippen LogP contribution in [0.1, 0.15) is 10.4 Å². The fourth-order valence-electron chi connectivity index (χ4n) is 12.7. The van der Waals surface area contributed by atoms with Crippen LogP contribution in [0.2, 0.25) is 0 Å². The average Bonchev–Trinajstić information content (AvgIpc) is 0.797. The second kappa shape index (κ2) is 33.0. The fourth-order valence-corrected chi connectivity index (χ4v) is 12.7. The number of hydrogen-bond acceptors (Lipinski definition) is 37. The molecule has 0 spiro atoms. The van der Waals surface area contributed by atoms with Crippen LogP contribution in [-0.2, 0) is 66.3 Å². The number of nitrogens with one attached hydrogen (secondary N) is 3. The molecule has 0 saturated carbocycles. The summed E-state index contributed by atoms with van der Waals surface area (Å²) in [6.45, 7) is -5.71. The summed E-state index contributed by atoms with van der Waals surface area (Å²) in [4.78, 5) is 12.9. The van der Waals surface area contributed by atoms with Crippen molar-refractivity contribution in [3.8, 4) is 0 Å². The molecule has 35 atom stereocenters. The summed E-state index contributed by atoms with van der Waals surface area (Å²) in [5, 5.41) is 236. The minimum absolute atomic E-state index is 0.140. The molecule has 0 unspecified atom stereocenters. The third-order valence-electron chi connectivity index (χ3n) is 18.0. The first-order chi connectivity index (χ1) is 45.5. The number of ether oxygens (including phenoxy) is 14. The molecule has 21 fully saturated rings. The number of hydrogen-bond donors (Lipinski definition) is 23. The Morgan fingerprint density at radius 3 is 0.842 bits per heavy atom. The summed E-state index contributed by atoms with van der Waals surface area (Å²) in [5.74, 6) is -0.305. The number of carbonyl (C=O) groups is 1. The van der Waals surface area contributed by atoms with E-state index >= 15 is 0 Å². The maximum atomic E-state index is 12.9. The lowest BCUT2D eigenvalue weighted by Crippen LogP contribution is -2.68. The number of aliphatic hydroxyl groups is 20. The van der Waals surface area contributed by atoms with Gasteiger partial charge in [0.15, 0.2) is 44.0 Å². The summed E-state index contributed by atoms with van der Waals surface area (Å²) < 4.78 is 81.7. The minimum Gasteiger partial charge on any atom is -0.394 e. The first kappa shape index (κ1) is 74.4. The topological polar surface area (TPSA) is 587 Å². The number of amides is 1. The highest BCUT2D eigenvalue weighted by atomic mass is 16.8. The Kier molecular flexibility index (Phi) is 25.9. The standard InChI is InChI=1S/C57H87N3O35/c61-13-23-44-31(69)38(76)53(84-23)92-46-25(15-63)86-55(40(78)33(46)71)94-48-27(17-65)88-57(42(80)35(48)73)95-49-28(18-66)87-56(41(79)34(49)72)93-47-26(16-64)85-54(39(77)32(47)70)91-45-24(14-62)83-52(37(75)30(45)68)89-43-22(82-51(90-44)36(74)29(43)67)12-59-8-7-58-9-10-60-50(81)21-6-5-19-3-1-2-4-20(19)11-21/h1-6,11,22-49,51-59,61-80H,7-10,12-18H2,(H,60,81)/t22-,23-,24-,25-,26-,27-,28-,29-,30-,31-,32-,33-,34-,35-,36-,37-,38-,39-,40-,41-,42-,43-,44-,45-,46-,47-,48-,49-,51-,52-,53-,54-,55-,56-,57-/m1/s1. The van der Waals surface area contributed by atoms with Gasteiger partial charge in [0.1, 0.15) is 171 Å². The van der Waals surface area contributed by atoms with Crippen LogP contribution in [0.3, 0.4) is 0 Å². The van der Waals surface area contributed by atoms with Crippen LogP contribution < -0.4 is 16.0 Å². The molecule has 21 aliphatic rings. The third-order valence-corrected chi connectivity index (χ3v) is 18.0. The Balaban J connectivity index is 0.887. The summed E-state index contributed by atoms with van der Waals surface area (Å²) in [6.07, 6.45) is -70.1. The molecule has 0 aliphatic carbocycles. The number of benzene rings is 2. The van der Waals surface area contributed by atoms with Crippen molar-refractivity contribution in [3.63, 3.8) is 0 Å². The van der Waals surface area contributed by atoms with Crippen molar-refractivity contribution in [2.45, 2.75) is 215 Å². The van der Waals surface area contributed by atoms with E-state index in [-0.39, 0.29) is 32.1 Å². The smallest absolute Gasteiger partial charge is 0.251 e. The minimum atomic E-state index is -2.22. The zero-order valence-electron chi connectivity index (χ0n) is 50.6. The summed E-state index contributed by atoms with van der Waals surface area (Å²) in [6, 6.07) is 12.9. The van der Waals surface area contributed by atoms with Gasteiger partial charge in [-0.1, -0.05) is 30.3 Å². The van der Waals surface area contributed by atoms with E-state index in [4.69, 9.17) is 66.3 Å². The number of fused-ring (bicyclic) bond motifs is 1. The summed E-state index contributed by atoms with van der Waals surface area (Å²) >= 11 is 0. The van der Waals surface area contributed by atoms with Crippen molar-refractivity contribution >= 4 is 16.7 Å². The fraction of sp³-hybridized carbons (Fsp3) is 0.807. The second-order valence-corrected chi connectivity index (χ2v) is 24.2. The molecule has 2 aromatic carbocycles. The van der Waals surface area contributed by atoms with Crippen molar-refractivity contribution in [1.29, 1.82) is 0 Å². The highest BCUT2D eigenvalue weighted by molar-refractivity contribution is 5.98. The molecule has 38 nitrogen and oxygen atoms in total. The van der Waals surface area contributed by atoms with Crippen LogP contribution in [0.15, 0.2) is 42.5 Å². The zero-order chi connectivity index (χ0) is 68.3. The molecule has 23 rings (SSSR count). The van der Waals surface area contributed by atoms with Gasteiger partial charge in [0, 0.05) is 38.3 Å². The quantitative estimate of drug-likeness (QED) is 0.0736. The van der Waals surface area contributed by atoms with Gasteiger partial charge in [-0.2, -0.15) is 0 Å². The largest absolute Gasteiger partial charge is 0.394 e. The van der Waals surface area contributed by atoms with Gasteiger partial charge in [0.2, 0.25) is 0 Å². The highest BCUT2D eigenvalue weighted by Gasteiger charge is 2.59. The van der Waals surface area contributed by atoms with Crippen molar-refractivity contribution in [3.05, 3.63) is 48.0 Å². The van der Waals surface area contributed by atoms with Gasteiger partial charge < -0.3 is 184 Å². The Bertz CT molecular complexity index is 2710. The molecule has 0 aromatic heterocycles. The van der Waals surface area contributed by atoms with E-state index in [1.807, 2.05) is 30.3 Å². The van der Waals surface area contributed by atoms with Gasteiger partial charge >= 0.3 is 0 Å². The summed E-state index contributed by atoms with van der Waals surface area (Å²) in [7, 11) is 0. The Hall–Kier alpha value is -3.27. The first-order valence-electron chi connectivity index (χ1n) is 31.1. The van der Waals surface area contributed by atoms with Crippen LogP contribution >= 0.6 is 0 Å². The molecular weight excluding hydrogens is 1290 g/mol. The van der Waals surface area contributed by atoms with Crippen LogP contribution in [0, 0.1) is 0 Å². The Labute approximate surface area is 540 Å². The van der Waals surface area contributed by atoms with Gasteiger partial charge in [-0.3, -0.25) is 4.79 Å². The van der Waals surface area contributed by atoms with Gasteiger partial charge in [-0.15, -0.1) is 0 Å². The van der Waals surface area contributed by atoms with E-state index in [1.165, 1.54) is 0 Å². The normalized spacial score (nSPS) is 47.1. The lowest BCUT2D eigenvalue weighted by atomic mass is 9.95. The average molecular weight is 1370 g/mol. The van der Waals surface area contributed by atoms with Crippen LogP contribution in [-0.4, -0.2) is 395 Å². The van der Waals surface area contributed by atoms with Crippen molar-refractivity contribution in [2.24, 2.45) is 0 Å². The molecule has 23 N–H and O–H groups in total. The van der Waals surface area contributed by atoms with Crippen molar-refractivity contribution in [1.82, 2.24) is 16.0 Å². The molecule has 21 aliphatic heterocycles. The molecular formula is C57H87N3O35. The van der Waals surface area contributed by atoms with Crippen LogP contribution in [0.25, 0.3) is 10.8 Å². The number of aliphatic hydroxyl groups excluding tert-OH is 20. The predicted molar refractivity (Wildman–Crippen MR) is 303 cm³/mol. The van der Waals surface area contributed by atoms with Crippen molar-refractivity contribution in [2.75, 3.05) is 72.4 Å². The van der Waals surface area contributed by atoms with E-state index in [9.17, 15) is 107 Å². The highest BCUT2D eigenvalue weighted by Crippen LogP contribution is 2.39. The van der Waals surface area contributed by atoms with Gasteiger partial charge in [-0.05, 0) is 22.9 Å². The number of rotatable bonds is 15. The molecule has 14 bridgehead atoms. The van der Waals surface area contributed by atoms with E-state index in [0.29, 0.717) is 12.1 Å². The van der Waals surface area contributed by atoms with E-state index in [0.717, 1.165) is 10.8 Å². The molecule has 21 heterocycles. The Morgan fingerprint density at radius 2 is 0.547 bits per heavy atom. The summed E-state index contributed by atoms with van der Waals surface area (Å²) in [5.41, 5.74) is 0.455.